The summed E-state index contributed by atoms with van der Waals surface area (Å²) in [6, 6.07) is 18.1. The molecule has 4 rings (SSSR count). The molecule has 10 heteroatoms. The second-order valence-electron chi connectivity index (χ2n) is 8.83. The van der Waals surface area contributed by atoms with E-state index in [1.807, 2.05) is 24.3 Å². The summed E-state index contributed by atoms with van der Waals surface area (Å²) in [5.74, 6) is -0.478. The fourth-order valence-electron chi connectivity index (χ4n) is 4.29. The molecular weight excluding hydrogens is 478 g/mol. The first-order chi connectivity index (χ1) is 17.1. The Hall–Kier alpha value is -3.76. The SMILES string of the molecule is CC(=O)N1CCN(C(=O)C(Cc2ccc(C(=N)N)cc2)NS(=O)(=O)c2ccc3ccccc3c2)CC1. The number of rotatable bonds is 7. The van der Waals surface area contributed by atoms with Gasteiger partial charge in [-0.3, -0.25) is 15.0 Å². The second kappa shape index (κ2) is 10.5. The van der Waals surface area contributed by atoms with Gasteiger partial charge in [-0.25, -0.2) is 8.42 Å². The number of amidine groups is 1. The van der Waals surface area contributed by atoms with E-state index in [9.17, 15) is 18.0 Å². The van der Waals surface area contributed by atoms with E-state index >= 15 is 0 Å². The molecule has 2 amide bonds. The number of piperazine rings is 1. The molecular formula is C26H29N5O4S. The molecule has 1 atom stereocenters. The monoisotopic (exact) mass is 507 g/mol. The smallest absolute Gasteiger partial charge is 0.241 e. The van der Waals surface area contributed by atoms with E-state index in [1.54, 1.807) is 46.2 Å². The maximum atomic E-state index is 13.5. The Bertz CT molecular complexity index is 1400. The summed E-state index contributed by atoms with van der Waals surface area (Å²) < 4.78 is 29.4. The topological polar surface area (TPSA) is 137 Å². The molecule has 9 nitrogen and oxygen atoms in total. The predicted octanol–water partition coefficient (Wildman–Crippen LogP) is 1.70. The van der Waals surface area contributed by atoms with Crippen LogP contribution < -0.4 is 10.5 Å². The minimum absolute atomic E-state index is 0.0544. The van der Waals surface area contributed by atoms with Crippen LogP contribution in [0.25, 0.3) is 10.8 Å². The molecule has 0 spiro atoms. The first-order valence-corrected chi connectivity index (χ1v) is 13.1. The normalized spacial score (nSPS) is 15.0. The number of sulfonamides is 1. The van der Waals surface area contributed by atoms with Crippen LogP contribution in [-0.4, -0.2) is 68.1 Å². The van der Waals surface area contributed by atoms with E-state index in [1.165, 1.54) is 13.0 Å². The highest BCUT2D eigenvalue weighted by atomic mass is 32.2. The van der Waals surface area contributed by atoms with E-state index in [2.05, 4.69) is 4.72 Å². The van der Waals surface area contributed by atoms with Gasteiger partial charge < -0.3 is 15.5 Å². The number of hydrogen-bond donors (Lipinski definition) is 3. The molecule has 1 heterocycles. The van der Waals surface area contributed by atoms with Crippen molar-refractivity contribution in [2.75, 3.05) is 26.2 Å². The number of fused-ring (bicyclic) bond motifs is 1. The standard InChI is InChI=1S/C26H29N5O4S/c1-18(32)30-12-14-31(15-13-30)26(33)24(16-19-6-8-21(9-7-19)25(27)28)29-36(34,35)23-11-10-20-4-2-3-5-22(20)17-23/h2-11,17,24,29H,12-16H2,1H3,(H3,27,28). The Morgan fingerprint density at radius 1 is 0.944 bits per heavy atom. The highest BCUT2D eigenvalue weighted by molar-refractivity contribution is 7.89. The van der Waals surface area contributed by atoms with Crippen molar-refractivity contribution in [1.29, 1.82) is 5.41 Å². The molecule has 1 aliphatic rings. The Morgan fingerprint density at radius 3 is 2.17 bits per heavy atom. The Labute approximate surface area is 210 Å². The predicted molar refractivity (Wildman–Crippen MR) is 138 cm³/mol. The molecule has 0 aromatic heterocycles. The fourth-order valence-corrected chi connectivity index (χ4v) is 5.51. The average molecular weight is 508 g/mol. The second-order valence-corrected chi connectivity index (χ2v) is 10.5. The highest BCUT2D eigenvalue weighted by Crippen LogP contribution is 2.20. The lowest BCUT2D eigenvalue weighted by atomic mass is 10.0. The van der Waals surface area contributed by atoms with Crippen LogP contribution >= 0.6 is 0 Å². The van der Waals surface area contributed by atoms with Crippen LogP contribution in [0, 0.1) is 5.41 Å². The summed E-state index contributed by atoms with van der Waals surface area (Å²) in [5.41, 5.74) is 6.80. The van der Waals surface area contributed by atoms with Gasteiger partial charge in [-0.2, -0.15) is 4.72 Å². The molecule has 1 unspecified atom stereocenters. The molecule has 4 N–H and O–H groups in total. The van der Waals surface area contributed by atoms with Crippen LogP contribution in [0.15, 0.2) is 71.6 Å². The number of nitrogens with one attached hydrogen (secondary N) is 2. The van der Waals surface area contributed by atoms with Gasteiger partial charge in [-0.15, -0.1) is 0 Å². The maximum absolute atomic E-state index is 13.5. The number of benzene rings is 3. The van der Waals surface area contributed by atoms with E-state index < -0.39 is 16.1 Å². The molecule has 3 aromatic carbocycles. The molecule has 3 aromatic rings. The zero-order valence-electron chi connectivity index (χ0n) is 20.0. The van der Waals surface area contributed by atoms with E-state index in [0.717, 1.165) is 16.3 Å². The lowest BCUT2D eigenvalue weighted by Gasteiger charge is -2.36. The van der Waals surface area contributed by atoms with Crippen molar-refractivity contribution in [3.8, 4) is 0 Å². The summed E-state index contributed by atoms with van der Waals surface area (Å²) in [6.07, 6.45) is 0.122. The van der Waals surface area contributed by atoms with Gasteiger partial charge in [0.15, 0.2) is 0 Å². The van der Waals surface area contributed by atoms with Gasteiger partial charge in [0.1, 0.15) is 11.9 Å². The van der Waals surface area contributed by atoms with E-state index in [-0.39, 0.29) is 29.0 Å². The molecule has 1 aliphatic heterocycles. The first-order valence-electron chi connectivity index (χ1n) is 11.6. The van der Waals surface area contributed by atoms with Gasteiger partial charge in [-0.05, 0) is 34.9 Å². The lowest BCUT2D eigenvalue weighted by molar-refractivity contribution is -0.139. The molecule has 0 bridgehead atoms. The van der Waals surface area contributed by atoms with Crippen LogP contribution in [0.2, 0.25) is 0 Å². The van der Waals surface area contributed by atoms with E-state index in [4.69, 9.17) is 11.1 Å². The molecule has 0 aliphatic carbocycles. The van der Waals surface area contributed by atoms with Crippen LogP contribution in [0.1, 0.15) is 18.1 Å². The summed E-state index contributed by atoms with van der Waals surface area (Å²) in [6.45, 7) is 2.95. The van der Waals surface area contributed by atoms with Gasteiger partial charge in [0.05, 0.1) is 4.90 Å². The molecule has 0 radical (unpaired) electrons. The van der Waals surface area contributed by atoms with Gasteiger partial charge >= 0.3 is 0 Å². The summed E-state index contributed by atoms with van der Waals surface area (Å²) in [7, 11) is -4.02. The summed E-state index contributed by atoms with van der Waals surface area (Å²) >= 11 is 0. The van der Waals surface area contributed by atoms with Crippen LogP contribution in [0.5, 0.6) is 0 Å². The number of nitrogen functional groups attached to an aromatic ring is 1. The van der Waals surface area contributed by atoms with E-state index in [0.29, 0.717) is 31.7 Å². The van der Waals surface area contributed by atoms with Gasteiger partial charge in [-0.1, -0.05) is 54.6 Å². The minimum Gasteiger partial charge on any atom is -0.384 e. The number of nitrogens with two attached hydrogens (primary N) is 1. The van der Waals surface area contributed by atoms with Crippen LogP contribution in [0.4, 0.5) is 0 Å². The van der Waals surface area contributed by atoms with Crippen molar-refractivity contribution < 1.29 is 18.0 Å². The lowest BCUT2D eigenvalue weighted by Crippen LogP contribution is -2.56. The number of nitrogens with zero attached hydrogens (tertiary/aromatic N) is 2. The zero-order chi connectivity index (χ0) is 25.9. The Morgan fingerprint density at radius 2 is 1.56 bits per heavy atom. The van der Waals surface area contributed by atoms with Crippen LogP contribution in [-0.2, 0) is 26.0 Å². The van der Waals surface area contributed by atoms with Gasteiger partial charge in [0.25, 0.3) is 0 Å². The number of carbonyl (C=O) groups excluding carboxylic acids is 2. The van der Waals surface area contributed by atoms with Crippen molar-refractivity contribution in [2.24, 2.45) is 5.73 Å². The molecule has 0 saturated carbocycles. The molecule has 188 valence electrons. The van der Waals surface area contributed by atoms with Crippen molar-refractivity contribution in [1.82, 2.24) is 14.5 Å². The molecule has 1 saturated heterocycles. The summed E-state index contributed by atoms with van der Waals surface area (Å²) in [5, 5.41) is 9.26. The number of amides is 2. The van der Waals surface area contributed by atoms with Crippen molar-refractivity contribution in [3.63, 3.8) is 0 Å². The zero-order valence-corrected chi connectivity index (χ0v) is 20.8. The van der Waals surface area contributed by atoms with Crippen molar-refractivity contribution in [3.05, 3.63) is 77.9 Å². The third kappa shape index (κ3) is 5.72. The van der Waals surface area contributed by atoms with Gasteiger partial charge in [0.2, 0.25) is 21.8 Å². The van der Waals surface area contributed by atoms with Gasteiger partial charge in [0, 0.05) is 38.7 Å². The Balaban J connectivity index is 1.60. The third-order valence-corrected chi connectivity index (χ3v) is 7.84. The highest BCUT2D eigenvalue weighted by Gasteiger charge is 2.32. The molecule has 36 heavy (non-hydrogen) atoms. The summed E-state index contributed by atoms with van der Waals surface area (Å²) in [4.78, 5) is 28.5. The number of carbonyl (C=O) groups is 2. The number of hydrogen-bond acceptors (Lipinski definition) is 5. The third-order valence-electron chi connectivity index (χ3n) is 6.37. The quantitative estimate of drug-likeness (QED) is 0.330. The van der Waals surface area contributed by atoms with Crippen molar-refractivity contribution in [2.45, 2.75) is 24.3 Å². The van der Waals surface area contributed by atoms with Crippen LogP contribution in [0.3, 0.4) is 0 Å². The minimum atomic E-state index is -4.02. The molecule has 1 fully saturated rings. The fraction of sp³-hybridized carbons (Fsp3) is 0.269. The maximum Gasteiger partial charge on any atom is 0.241 e. The first kappa shape index (κ1) is 25.3. The van der Waals surface area contributed by atoms with Crippen molar-refractivity contribution >= 4 is 38.4 Å². The average Bonchev–Trinajstić information content (AvgIpc) is 2.87. The largest absolute Gasteiger partial charge is 0.384 e. The Kier molecular flexibility index (Phi) is 7.37.